The number of para-hydroxylation sites is 1. The van der Waals surface area contributed by atoms with Crippen molar-refractivity contribution in [3.8, 4) is 17.1 Å². The molecule has 1 heterocycles. The van der Waals surface area contributed by atoms with E-state index in [9.17, 15) is 9.18 Å². The van der Waals surface area contributed by atoms with Gasteiger partial charge < -0.3 is 14.6 Å². The minimum Gasteiger partial charge on any atom is -0.496 e. The van der Waals surface area contributed by atoms with Gasteiger partial charge in [0.25, 0.3) is 0 Å². The first-order chi connectivity index (χ1) is 12.7. The van der Waals surface area contributed by atoms with E-state index in [2.05, 4.69) is 15.5 Å². The van der Waals surface area contributed by atoms with Crippen molar-refractivity contribution in [2.24, 2.45) is 0 Å². The first-order valence-electron chi connectivity index (χ1n) is 8.13. The number of rotatable bonds is 7. The molecule has 0 unspecified atom stereocenters. The number of aryl methyl sites for hydroxylation is 1. The normalized spacial score (nSPS) is 10.5. The molecule has 0 fully saturated rings. The van der Waals surface area contributed by atoms with Crippen LogP contribution < -0.4 is 10.1 Å². The van der Waals surface area contributed by atoms with E-state index >= 15 is 0 Å². The summed E-state index contributed by atoms with van der Waals surface area (Å²) in [5, 5.41) is 6.59. The number of hydrogen-bond acceptors (Lipinski definition) is 5. The Bertz CT molecular complexity index is 895. The Morgan fingerprint density at radius 1 is 1.19 bits per heavy atom. The van der Waals surface area contributed by atoms with Gasteiger partial charge in [-0.1, -0.05) is 35.5 Å². The molecule has 7 heteroatoms. The summed E-state index contributed by atoms with van der Waals surface area (Å²) in [7, 11) is 1.59. The monoisotopic (exact) mass is 355 g/mol. The fraction of sp³-hybridized carbons (Fsp3) is 0.211. The molecule has 0 radical (unpaired) electrons. The Labute approximate surface area is 150 Å². The standard InChI is InChI=1S/C19H18FN3O3/c1-25-16-9-5-2-6-13(16)12-21-17(24)10-11-18-22-19(23-26-18)14-7-3-4-8-15(14)20/h2-9H,10-12H2,1H3,(H,21,24). The molecule has 1 N–H and O–H groups in total. The number of aromatic nitrogens is 2. The molecule has 0 bridgehead atoms. The van der Waals surface area contributed by atoms with Gasteiger partial charge in [-0.3, -0.25) is 4.79 Å². The first-order valence-corrected chi connectivity index (χ1v) is 8.13. The van der Waals surface area contributed by atoms with Gasteiger partial charge in [0.15, 0.2) is 0 Å². The molecule has 0 aliphatic rings. The SMILES string of the molecule is COc1ccccc1CNC(=O)CCc1nc(-c2ccccc2F)no1. The van der Waals surface area contributed by atoms with Gasteiger partial charge in [0.05, 0.1) is 12.7 Å². The molecule has 0 aliphatic carbocycles. The van der Waals surface area contributed by atoms with E-state index in [1.807, 2.05) is 24.3 Å². The number of methoxy groups -OCH3 is 1. The number of ether oxygens (including phenoxy) is 1. The highest BCUT2D eigenvalue weighted by Gasteiger charge is 2.13. The van der Waals surface area contributed by atoms with Gasteiger partial charge in [-0.15, -0.1) is 0 Å². The van der Waals surface area contributed by atoms with Gasteiger partial charge in [-0.05, 0) is 18.2 Å². The van der Waals surface area contributed by atoms with E-state index in [1.54, 1.807) is 25.3 Å². The van der Waals surface area contributed by atoms with E-state index in [0.29, 0.717) is 6.54 Å². The van der Waals surface area contributed by atoms with Crippen LogP contribution in [0.2, 0.25) is 0 Å². The topological polar surface area (TPSA) is 77.2 Å². The molecular weight excluding hydrogens is 337 g/mol. The molecule has 2 aromatic carbocycles. The van der Waals surface area contributed by atoms with E-state index in [1.165, 1.54) is 6.07 Å². The number of carbonyl (C=O) groups excluding carboxylic acids is 1. The molecule has 0 saturated carbocycles. The molecule has 3 rings (SSSR count). The maximum absolute atomic E-state index is 13.7. The number of nitrogens with one attached hydrogen (secondary N) is 1. The van der Waals surface area contributed by atoms with Crippen LogP contribution in [0, 0.1) is 5.82 Å². The smallest absolute Gasteiger partial charge is 0.227 e. The summed E-state index contributed by atoms with van der Waals surface area (Å²) in [6.45, 7) is 0.368. The summed E-state index contributed by atoms with van der Waals surface area (Å²) >= 11 is 0. The third-order valence-electron chi connectivity index (χ3n) is 3.82. The lowest BCUT2D eigenvalue weighted by molar-refractivity contribution is -0.121. The van der Waals surface area contributed by atoms with Gasteiger partial charge in [-0.25, -0.2) is 4.39 Å². The molecule has 0 aliphatic heterocycles. The third kappa shape index (κ3) is 4.24. The van der Waals surface area contributed by atoms with Crippen LogP contribution >= 0.6 is 0 Å². The van der Waals surface area contributed by atoms with Crippen molar-refractivity contribution in [1.29, 1.82) is 0 Å². The van der Waals surface area contributed by atoms with Gasteiger partial charge in [-0.2, -0.15) is 4.98 Å². The van der Waals surface area contributed by atoms with Crippen LogP contribution in [0.4, 0.5) is 4.39 Å². The average Bonchev–Trinajstić information content (AvgIpc) is 3.14. The highest BCUT2D eigenvalue weighted by atomic mass is 19.1. The fourth-order valence-corrected chi connectivity index (χ4v) is 2.46. The quantitative estimate of drug-likeness (QED) is 0.704. The van der Waals surface area contributed by atoms with Crippen LogP contribution in [0.25, 0.3) is 11.4 Å². The average molecular weight is 355 g/mol. The summed E-state index contributed by atoms with van der Waals surface area (Å²) < 4.78 is 24.1. The summed E-state index contributed by atoms with van der Waals surface area (Å²) in [5.74, 6) is 0.610. The number of carbonyl (C=O) groups is 1. The minimum absolute atomic E-state index is 0.151. The second kappa shape index (κ2) is 8.24. The summed E-state index contributed by atoms with van der Waals surface area (Å²) in [6, 6.07) is 13.7. The molecule has 3 aromatic rings. The van der Waals surface area contributed by atoms with Gasteiger partial charge in [0.2, 0.25) is 17.6 Å². The zero-order chi connectivity index (χ0) is 18.4. The lowest BCUT2D eigenvalue weighted by Crippen LogP contribution is -2.23. The van der Waals surface area contributed by atoms with Gasteiger partial charge in [0, 0.05) is 24.9 Å². The number of benzene rings is 2. The lowest BCUT2D eigenvalue weighted by atomic mass is 10.2. The van der Waals surface area contributed by atoms with Crippen molar-refractivity contribution in [2.75, 3.05) is 7.11 Å². The zero-order valence-electron chi connectivity index (χ0n) is 14.2. The third-order valence-corrected chi connectivity index (χ3v) is 3.82. The second-order valence-corrected chi connectivity index (χ2v) is 5.58. The molecule has 134 valence electrons. The van der Waals surface area contributed by atoms with Crippen molar-refractivity contribution >= 4 is 5.91 Å². The summed E-state index contributed by atoms with van der Waals surface area (Å²) in [4.78, 5) is 16.2. The Balaban J connectivity index is 1.53. The maximum Gasteiger partial charge on any atom is 0.227 e. The number of amides is 1. The van der Waals surface area contributed by atoms with Crippen molar-refractivity contribution in [3.05, 3.63) is 65.8 Å². The van der Waals surface area contributed by atoms with Crippen LogP contribution in [0.5, 0.6) is 5.75 Å². The van der Waals surface area contributed by atoms with Crippen molar-refractivity contribution in [2.45, 2.75) is 19.4 Å². The number of halogens is 1. The van der Waals surface area contributed by atoms with Crippen LogP contribution in [0.3, 0.4) is 0 Å². The van der Waals surface area contributed by atoms with Gasteiger partial charge >= 0.3 is 0 Å². The van der Waals surface area contributed by atoms with E-state index < -0.39 is 5.82 Å². The molecular formula is C19H18FN3O3. The van der Waals surface area contributed by atoms with Crippen LogP contribution in [-0.2, 0) is 17.8 Å². The number of nitrogens with zero attached hydrogens (tertiary/aromatic N) is 2. The first kappa shape index (κ1) is 17.6. The second-order valence-electron chi connectivity index (χ2n) is 5.58. The Morgan fingerprint density at radius 3 is 2.77 bits per heavy atom. The predicted molar refractivity (Wildman–Crippen MR) is 92.9 cm³/mol. The zero-order valence-corrected chi connectivity index (χ0v) is 14.2. The lowest BCUT2D eigenvalue weighted by Gasteiger charge is -2.09. The molecule has 0 saturated heterocycles. The Kier molecular flexibility index (Phi) is 5.58. The highest BCUT2D eigenvalue weighted by molar-refractivity contribution is 5.76. The predicted octanol–water partition coefficient (Wildman–Crippen LogP) is 3.13. The molecule has 1 amide bonds. The Morgan fingerprint density at radius 2 is 1.96 bits per heavy atom. The molecule has 1 aromatic heterocycles. The van der Waals surface area contributed by atoms with Gasteiger partial charge in [0.1, 0.15) is 11.6 Å². The Hall–Kier alpha value is -3.22. The van der Waals surface area contributed by atoms with E-state index in [0.717, 1.165) is 11.3 Å². The summed E-state index contributed by atoms with van der Waals surface area (Å²) in [6.07, 6.45) is 0.466. The number of hydrogen-bond donors (Lipinski definition) is 1. The minimum atomic E-state index is -0.422. The summed E-state index contributed by atoms with van der Waals surface area (Å²) in [5.41, 5.74) is 1.16. The molecule has 0 atom stereocenters. The fourth-order valence-electron chi connectivity index (χ4n) is 2.46. The molecule has 6 nitrogen and oxygen atoms in total. The van der Waals surface area contributed by atoms with E-state index in [-0.39, 0.29) is 36.0 Å². The van der Waals surface area contributed by atoms with Crippen molar-refractivity contribution in [1.82, 2.24) is 15.5 Å². The largest absolute Gasteiger partial charge is 0.496 e. The van der Waals surface area contributed by atoms with Crippen LogP contribution in [-0.4, -0.2) is 23.2 Å². The van der Waals surface area contributed by atoms with Crippen molar-refractivity contribution < 1.29 is 18.4 Å². The van der Waals surface area contributed by atoms with E-state index in [4.69, 9.17) is 9.26 Å². The van der Waals surface area contributed by atoms with Crippen LogP contribution in [0.15, 0.2) is 53.1 Å². The highest BCUT2D eigenvalue weighted by Crippen LogP contribution is 2.19. The van der Waals surface area contributed by atoms with Crippen LogP contribution in [0.1, 0.15) is 17.9 Å². The van der Waals surface area contributed by atoms with Crippen molar-refractivity contribution in [3.63, 3.8) is 0 Å². The maximum atomic E-state index is 13.7. The molecule has 26 heavy (non-hydrogen) atoms. The molecule has 0 spiro atoms.